The van der Waals surface area contributed by atoms with Gasteiger partial charge in [-0.05, 0) is 108 Å². The van der Waals surface area contributed by atoms with Crippen LogP contribution in [0.4, 0.5) is 11.4 Å². The molecule has 58 heavy (non-hydrogen) atoms. The Morgan fingerprint density at radius 3 is 1.22 bits per heavy atom. The fourth-order valence-corrected chi connectivity index (χ4v) is 8.47. The van der Waals surface area contributed by atoms with Gasteiger partial charge in [-0.2, -0.15) is 0 Å². The summed E-state index contributed by atoms with van der Waals surface area (Å²) in [5.41, 5.74) is 14.8. The molecule has 0 bridgehead atoms. The molecule has 7 aromatic rings. The van der Waals surface area contributed by atoms with Gasteiger partial charge in [0.1, 0.15) is 0 Å². The molecular formula is C48H40Cl2N4O4. The standard InChI is InChI=1S/C48H40Cl2N4O4/c1-55-41-21-31-17-19-53-27-33(45(29-5-9-35(49)10-6-29)47(53)39(31)23-43(41)57-3)25-51-37-13-15-38(16-14-37)52-26-34-28-54-20-18-32-22-42(56-2)44(58-4)24-40(32)48(54)46(34)30-7-11-36(50)12-8-30/h5-16,21-28H,17-20H2,1-4H3. The van der Waals surface area contributed by atoms with Crippen molar-refractivity contribution in [2.24, 2.45) is 9.98 Å². The van der Waals surface area contributed by atoms with Gasteiger partial charge in [-0.25, -0.2) is 0 Å². The normalized spacial score (nSPS) is 12.9. The van der Waals surface area contributed by atoms with E-state index in [4.69, 9.17) is 52.1 Å². The number of ether oxygens (including phenoxy) is 4. The van der Waals surface area contributed by atoms with Crippen LogP contribution < -0.4 is 18.9 Å². The Morgan fingerprint density at radius 1 is 0.500 bits per heavy atom. The van der Waals surface area contributed by atoms with Gasteiger partial charge in [0.2, 0.25) is 0 Å². The first-order valence-electron chi connectivity index (χ1n) is 19.0. The van der Waals surface area contributed by atoms with Crippen molar-refractivity contribution >= 4 is 47.0 Å². The SMILES string of the molecule is COc1cc2c(cc1OC)-c1c(-c3ccc(Cl)cc3)c(C=Nc3ccc(N=Cc4cn5c(c4-c4ccc(Cl)cc4)-c4cc(OC)c(OC)cc4CC5)cc3)cn1CC2. The van der Waals surface area contributed by atoms with Gasteiger partial charge in [0, 0.05) is 81.3 Å². The summed E-state index contributed by atoms with van der Waals surface area (Å²) in [7, 11) is 6.68. The van der Waals surface area contributed by atoms with Crippen LogP contribution in [0.3, 0.4) is 0 Å². The van der Waals surface area contributed by atoms with Gasteiger partial charge in [-0.3, -0.25) is 9.98 Å². The number of methoxy groups -OCH3 is 4. The van der Waals surface area contributed by atoms with E-state index in [1.54, 1.807) is 28.4 Å². The molecule has 0 unspecified atom stereocenters. The third-order valence-corrected chi connectivity index (χ3v) is 11.5. The Kier molecular flexibility index (Phi) is 10.1. The predicted molar refractivity (Wildman–Crippen MR) is 235 cm³/mol. The van der Waals surface area contributed by atoms with Crippen LogP contribution in [0, 0.1) is 0 Å². The average molecular weight is 808 g/mol. The van der Waals surface area contributed by atoms with E-state index >= 15 is 0 Å². The minimum atomic E-state index is 0.687. The van der Waals surface area contributed by atoms with Crippen LogP contribution in [0.2, 0.25) is 10.0 Å². The van der Waals surface area contributed by atoms with Crippen molar-refractivity contribution in [1.29, 1.82) is 0 Å². The number of aryl methyl sites for hydroxylation is 4. The van der Waals surface area contributed by atoms with E-state index in [-0.39, 0.29) is 0 Å². The second-order valence-electron chi connectivity index (χ2n) is 14.3. The van der Waals surface area contributed by atoms with Gasteiger partial charge in [0.15, 0.2) is 23.0 Å². The molecule has 2 aromatic heterocycles. The van der Waals surface area contributed by atoms with Gasteiger partial charge >= 0.3 is 0 Å². The summed E-state index contributed by atoms with van der Waals surface area (Å²) >= 11 is 12.7. The van der Waals surface area contributed by atoms with Crippen molar-refractivity contribution in [2.45, 2.75) is 25.9 Å². The van der Waals surface area contributed by atoms with Crippen molar-refractivity contribution in [3.05, 3.63) is 142 Å². The number of hydrogen-bond donors (Lipinski definition) is 0. The van der Waals surface area contributed by atoms with Crippen LogP contribution in [0.1, 0.15) is 22.3 Å². The van der Waals surface area contributed by atoms with E-state index in [0.717, 1.165) is 105 Å². The monoisotopic (exact) mass is 806 g/mol. The molecule has 0 aliphatic carbocycles. The molecule has 0 N–H and O–H groups in total. The first-order chi connectivity index (χ1) is 28.3. The quantitative estimate of drug-likeness (QED) is 0.129. The highest BCUT2D eigenvalue weighted by Gasteiger charge is 2.27. The Morgan fingerprint density at radius 2 is 0.862 bits per heavy atom. The number of fused-ring (bicyclic) bond motifs is 6. The fraction of sp³-hybridized carbons (Fsp3) is 0.167. The molecule has 5 aromatic carbocycles. The van der Waals surface area contributed by atoms with Crippen molar-refractivity contribution in [3.63, 3.8) is 0 Å². The highest BCUT2D eigenvalue weighted by atomic mass is 35.5. The Hall–Kier alpha value is -6.22. The van der Waals surface area contributed by atoms with E-state index in [9.17, 15) is 0 Å². The molecule has 290 valence electrons. The van der Waals surface area contributed by atoms with Crippen LogP contribution in [0.25, 0.3) is 44.8 Å². The highest BCUT2D eigenvalue weighted by molar-refractivity contribution is 6.31. The molecule has 0 atom stereocenters. The van der Waals surface area contributed by atoms with Crippen LogP contribution in [-0.2, 0) is 25.9 Å². The minimum absolute atomic E-state index is 0.687. The largest absolute Gasteiger partial charge is 0.493 e. The van der Waals surface area contributed by atoms with Crippen molar-refractivity contribution < 1.29 is 18.9 Å². The molecule has 9 rings (SSSR count). The molecule has 0 saturated carbocycles. The molecule has 2 aliphatic rings. The summed E-state index contributed by atoms with van der Waals surface area (Å²) in [6.07, 6.45) is 10.0. The third-order valence-electron chi connectivity index (χ3n) is 11.0. The second kappa shape index (κ2) is 15.6. The van der Waals surface area contributed by atoms with Crippen LogP contribution in [-0.4, -0.2) is 50.0 Å². The van der Waals surface area contributed by atoms with Gasteiger partial charge in [0.05, 0.1) is 51.2 Å². The maximum absolute atomic E-state index is 6.34. The summed E-state index contributed by atoms with van der Waals surface area (Å²) in [5, 5.41) is 1.37. The lowest BCUT2D eigenvalue weighted by molar-refractivity contribution is 0.354. The Bertz CT molecular complexity index is 2540. The Balaban J connectivity index is 1.05. The lowest BCUT2D eigenvalue weighted by atomic mass is 9.92. The van der Waals surface area contributed by atoms with E-state index < -0.39 is 0 Å². The maximum atomic E-state index is 6.34. The topological polar surface area (TPSA) is 71.5 Å². The molecule has 2 aliphatic heterocycles. The van der Waals surface area contributed by atoms with Gasteiger partial charge in [-0.15, -0.1) is 0 Å². The number of aromatic nitrogens is 2. The summed E-state index contributed by atoms with van der Waals surface area (Å²) in [6, 6.07) is 32.3. The first-order valence-corrected chi connectivity index (χ1v) is 19.8. The third kappa shape index (κ3) is 6.82. The fourth-order valence-electron chi connectivity index (χ4n) is 8.21. The van der Waals surface area contributed by atoms with Crippen LogP contribution in [0.15, 0.2) is 119 Å². The van der Waals surface area contributed by atoms with Gasteiger partial charge in [0.25, 0.3) is 0 Å². The second-order valence-corrected chi connectivity index (χ2v) is 15.2. The molecule has 4 heterocycles. The zero-order valence-corrected chi connectivity index (χ0v) is 34.1. The van der Waals surface area contributed by atoms with E-state index in [2.05, 4.69) is 70.1 Å². The molecule has 10 heteroatoms. The molecule has 0 amide bonds. The number of hydrogen-bond acceptors (Lipinski definition) is 6. The molecular weight excluding hydrogens is 767 g/mol. The van der Waals surface area contributed by atoms with E-state index in [1.807, 2.05) is 61.0 Å². The van der Waals surface area contributed by atoms with E-state index in [0.29, 0.717) is 21.5 Å². The van der Waals surface area contributed by atoms with E-state index in [1.165, 1.54) is 11.1 Å². The number of aliphatic imine (C=N–C) groups is 2. The first kappa shape index (κ1) is 37.4. The van der Waals surface area contributed by atoms with Crippen LogP contribution >= 0.6 is 23.2 Å². The summed E-state index contributed by atoms with van der Waals surface area (Å²) < 4.78 is 27.3. The number of benzene rings is 5. The maximum Gasteiger partial charge on any atom is 0.161 e. The van der Waals surface area contributed by atoms with Gasteiger partial charge < -0.3 is 28.1 Å². The van der Waals surface area contributed by atoms with Crippen molar-refractivity contribution in [1.82, 2.24) is 9.13 Å². The lowest BCUT2D eigenvalue weighted by Gasteiger charge is -2.23. The molecule has 0 fully saturated rings. The van der Waals surface area contributed by atoms with Gasteiger partial charge in [-0.1, -0.05) is 47.5 Å². The summed E-state index contributed by atoms with van der Waals surface area (Å²) in [5.74, 6) is 2.85. The molecule has 0 saturated heterocycles. The zero-order chi connectivity index (χ0) is 39.9. The Labute approximate surface area is 347 Å². The average Bonchev–Trinajstić information content (AvgIpc) is 3.83. The number of nitrogens with zero attached hydrogens (tertiary/aromatic N) is 4. The lowest BCUT2D eigenvalue weighted by Crippen LogP contribution is -2.10. The summed E-state index contributed by atoms with van der Waals surface area (Å²) in [4.78, 5) is 9.92. The minimum Gasteiger partial charge on any atom is -0.493 e. The number of halogens is 2. The summed E-state index contributed by atoms with van der Waals surface area (Å²) in [6.45, 7) is 1.66. The smallest absolute Gasteiger partial charge is 0.161 e. The number of rotatable bonds is 10. The highest BCUT2D eigenvalue weighted by Crippen LogP contribution is 2.46. The van der Waals surface area contributed by atoms with Crippen molar-refractivity contribution in [3.8, 4) is 67.8 Å². The predicted octanol–water partition coefficient (Wildman–Crippen LogP) is 11.9. The molecule has 8 nitrogen and oxygen atoms in total. The van der Waals surface area contributed by atoms with Crippen LogP contribution in [0.5, 0.6) is 23.0 Å². The zero-order valence-electron chi connectivity index (χ0n) is 32.6. The van der Waals surface area contributed by atoms with Crippen molar-refractivity contribution in [2.75, 3.05) is 28.4 Å². The molecule has 0 spiro atoms. The molecule has 0 radical (unpaired) electrons.